The van der Waals surface area contributed by atoms with Gasteiger partial charge in [0.25, 0.3) is 0 Å². The highest BCUT2D eigenvalue weighted by molar-refractivity contribution is 6.02. The molecule has 0 spiro atoms. The number of carbonyl (C=O) groups excluding carboxylic acids is 3. The van der Waals surface area contributed by atoms with Crippen molar-refractivity contribution in [2.24, 2.45) is 45.3 Å². The fourth-order valence-electron chi connectivity index (χ4n) is 11.6. The van der Waals surface area contributed by atoms with Crippen LogP contribution in [0.15, 0.2) is 11.1 Å². The third-order valence-corrected chi connectivity index (χ3v) is 13.4. The van der Waals surface area contributed by atoms with Gasteiger partial charge in [0.1, 0.15) is 6.10 Å². The van der Waals surface area contributed by atoms with Crippen molar-refractivity contribution < 1.29 is 23.9 Å². The molecular weight excluding hydrogens is 514 g/mol. The molecule has 0 radical (unpaired) electrons. The zero-order chi connectivity index (χ0) is 30.3. The van der Waals surface area contributed by atoms with Gasteiger partial charge in [0.05, 0.1) is 11.6 Å². The number of alkyl carbamates (subject to hydrolysis) is 1. The summed E-state index contributed by atoms with van der Waals surface area (Å²) in [4.78, 5) is 38.7. The second-order valence-corrected chi connectivity index (χ2v) is 16.3. The lowest BCUT2D eigenvalue weighted by Gasteiger charge is -2.72. The number of rotatable bonds is 4. The first-order valence-electron chi connectivity index (χ1n) is 16.4. The number of Topliss-reactive ketones (excluding diaryl/α,β-unsaturated/α-hetero) is 1. The Bertz CT molecular complexity index is 1150. The Morgan fingerprint density at radius 3 is 2.15 bits per heavy atom. The first-order valence-corrected chi connectivity index (χ1v) is 16.4. The SMILES string of the molecule is CC(=O)O[C@H]1CC[C@]2(C)[C@H]3CC[C@@H]4C5=C(C(C)C)C(=O)C[C@]5(NC(=O)OC(C)C)CC[C@@]4(C)[C@]3(C)CC[C@H]2C1(C)C. The molecule has 5 aliphatic rings. The Morgan fingerprint density at radius 2 is 1.54 bits per heavy atom. The number of allylic oxidation sites excluding steroid dienone is 1. The minimum Gasteiger partial charge on any atom is -0.462 e. The van der Waals surface area contributed by atoms with E-state index in [1.54, 1.807) is 0 Å². The summed E-state index contributed by atoms with van der Waals surface area (Å²) in [5, 5.41) is 3.28. The van der Waals surface area contributed by atoms with Gasteiger partial charge in [-0.3, -0.25) is 9.59 Å². The number of hydrogen-bond donors (Lipinski definition) is 1. The van der Waals surface area contributed by atoms with Crippen LogP contribution in [-0.4, -0.2) is 35.6 Å². The highest BCUT2D eigenvalue weighted by Crippen LogP contribution is 2.75. The lowest BCUT2D eigenvalue weighted by atomic mass is 9.33. The quantitative estimate of drug-likeness (QED) is 0.350. The molecule has 1 amide bonds. The zero-order valence-corrected chi connectivity index (χ0v) is 27.4. The lowest BCUT2D eigenvalue weighted by Crippen LogP contribution is -2.67. The van der Waals surface area contributed by atoms with Crippen LogP contribution >= 0.6 is 0 Å². The Kier molecular flexibility index (Phi) is 7.34. The lowest BCUT2D eigenvalue weighted by molar-refractivity contribution is -0.231. The summed E-state index contributed by atoms with van der Waals surface area (Å²) >= 11 is 0. The van der Waals surface area contributed by atoms with Gasteiger partial charge in [-0.15, -0.1) is 0 Å². The van der Waals surface area contributed by atoms with Crippen LogP contribution in [0.1, 0.15) is 127 Å². The first kappa shape index (κ1) is 30.6. The smallest absolute Gasteiger partial charge is 0.408 e. The van der Waals surface area contributed by atoms with Gasteiger partial charge >= 0.3 is 12.1 Å². The van der Waals surface area contributed by atoms with Gasteiger partial charge < -0.3 is 14.8 Å². The molecule has 1 N–H and O–H groups in total. The van der Waals surface area contributed by atoms with E-state index in [1.807, 2.05) is 13.8 Å². The van der Waals surface area contributed by atoms with Crippen LogP contribution < -0.4 is 5.32 Å². The molecule has 8 atom stereocenters. The van der Waals surface area contributed by atoms with Crippen molar-refractivity contribution in [1.82, 2.24) is 5.32 Å². The van der Waals surface area contributed by atoms with Gasteiger partial charge in [0.15, 0.2) is 5.78 Å². The second kappa shape index (κ2) is 9.84. The molecule has 0 aromatic heterocycles. The maximum atomic E-state index is 13.7. The van der Waals surface area contributed by atoms with Gasteiger partial charge in [-0.1, -0.05) is 48.5 Å². The fourth-order valence-corrected chi connectivity index (χ4v) is 11.6. The summed E-state index contributed by atoms with van der Waals surface area (Å²) < 4.78 is 11.5. The van der Waals surface area contributed by atoms with E-state index < -0.39 is 11.6 Å². The van der Waals surface area contributed by atoms with E-state index >= 15 is 0 Å². The number of nitrogens with one attached hydrogen (secondary N) is 1. The standard InChI is InChI=1S/C35H55NO5/c1-20(2)28-24(38)19-35(36-30(39)40-21(3)4)18-17-33(9)23(29(28)35)11-12-26-32(8)15-14-27(41-22(5)37)31(6,7)25(32)13-16-34(26,33)10/h20-21,23,25-27H,11-19H2,1-10H3,(H,36,39)/t23-,25+,26-,27+,32+,33-,34-,35-/m1/s1. The average molecular weight is 570 g/mol. The molecule has 0 heterocycles. The minimum absolute atomic E-state index is 0.0235. The topological polar surface area (TPSA) is 81.7 Å². The minimum atomic E-state index is -0.624. The first-order chi connectivity index (χ1) is 18.9. The number of ether oxygens (including phenoxy) is 2. The van der Waals surface area contributed by atoms with E-state index in [9.17, 15) is 14.4 Å². The number of ketones is 1. The van der Waals surface area contributed by atoms with Crippen molar-refractivity contribution in [3.8, 4) is 0 Å². The van der Waals surface area contributed by atoms with E-state index in [-0.39, 0.29) is 57.5 Å². The van der Waals surface area contributed by atoms with Crippen molar-refractivity contribution in [2.75, 3.05) is 0 Å². The van der Waals surface area contributed by atoms with E-state index in [1.165, 1.54) is 12.5 Å². The van der Waals surface area contributed by atoms with E-state index in [4.69, 9.17) is 9.47 Å². The van der Waals surface area contributed by atoms with Crippen LogP contribution in [0.4, 0.5) is 4.79 Å². The molecule has 0 aliphatic heterocycles. The summed E-state index contributed by atoms with van der Waals surface area (Å²) in [5.74, 6) is 1.50. The van der Waals surface area contributed by atoms with E-state index in [0.717, 1.165) is 56.9 Å². The third kappa shape index (κ3) is 4.34. The number of amides is 1. The molecule has 230 valence electrons. The van der Waals surface area contributed by atoms with Crippen molar-refractivity contribution in [1.29, 1.82) is 0 Å². The Morgan fingerprint density at radius 1 is 0.854 bits per heavy atom. The predicted octanol–water partition coefficient (Wildman–Crippen LogP) is 7.79. The van der Waals surface area contributed by atoms with Gasteiger partial charge in [0, 0.05) is 18.8 Å². The van der Waals surface area contributed by atoms with Crippen molar-refractivity contribution in [2.45, 2.75) is 145 Å². The van der Waals surface area contributed by atoms with Gasteiger partial charge in [-0.25, -0.2) is 4.79 Å². The maximum absolute atomic E-state index is 13.7. The number of carbonyl (C=O) groups is 3. The fraction of sp³-hybridized carbons (Fsp3) is 0.857. The predicted molar refractivity (Wildman–Crippen MR) is 160 cm³/mol. The molecule has 0 aromatic carbocycles. The van der Waals surface area contributed by atoms with Crippen molar-refractivity contribution >= 4 is 17.8 Å². The largest absolute Gasteiger partial charge is 0.462 e. The maximum Gasteiger partial charge on any atom is 0.408 e. The van der Waals surface area contributed by atoms with Crippen LogP contribution in [0.5, 0.6) is 0 Å². The third-order valence-electron chi connectivity index (χ3n) is 13.4. The number of fused-ring (bicyclic) bond motifs is 7. The Balaban J connectivity index is 1.53. The Hall–Kier alpha value is -1.85. The normalized spacial score (nSPS) is 43.2. The molecule has 4 fully saturated rings. The Labute approximate surface area is 248 Å². The highest BCUT2D eigenvalue weighted by Gasteiger charge is 2.70. The molecule has 5 aliphatic carbocycles. The van der Waals surface area contributed by atoms with Crippen molar-refractivity contribution in [3.05, 3.63) is 11.1 Å². The van der Waals surface area contributed by atoms with Gasteiger partial charge in [-0.05, 0) is 116 Å². The summed E-state index contributed by atoms with van der Waals surface area (Å²) in [5.41, 5.74) is 1.85. The van der Waals surface area contributed by atoms with Crippen LogP contribution in [0, 0.1) is 45.3 Å². The van der Waals surface area contributed by atoms with Gasteiger partial charge in [-0.2, -0.15) is 0 Å². The van der Waals surface area contributed by atoms with Crippen LogP contribution in [0.2, 0.25) is 0 Å². The van der Waals surface area contributed by atoms with Gasteiger partial charge in [0.2, 0.25) is 0 Å². The molecule has 0 bridgehead atoms. The summed E-state index contributed by atoms with van der Waals surface area (Å²) in [7, 11) is 0. The molecule has 41 heavy (non-hydrogen) atoms. The average Bonchev–Trinajstić information content (AvgIpc) is 3.12. The molecular formula is C35H55NO5. The molecule has 0 aromatic rings. The van der Waals surface area contributed by atoms with E-state index in [0.29, 0.717) is 18.3 Å². The van der Waals surface area contributed by atoms with Crippen LogP contribution in [-0.2, 0) is 19.1 Å². The summed E-state index contributed by atoms with van der Waals surface area (Å²) in [6, 6.07) is 0. The second-order valence-electron chi connectivity index (χ2n) is 16.3. The van der Waals surface area contributed by atoms with Crippen molar-refractivity contribution in [3.63, 3.8) is 0 Å². The summed E-state index contributed by atoms with van der Waals surface area (Å²) in [6.07, 6.45) is 7.98. The molecule has 0 saturated heterocycles. The van der Waals surface area contributed by atoms with Crippen LogP contribution in [0.25, 0.3) is 0 Å². The number of hydrogen-bond acceptors (Lipinski definition) is 5. The molecule has 0 unspecified atom stereocenters. The molecule has 5 rings (SSSR count). The molecule has 6 heteroatoms. The zero-order valence-electron chi connectivity index (χ0n) is 27.4. The van der Waals surface area contributed by atoms with Crippen LogP contribution in [0.3, 0.4) is 0 Å². The highest BCUT2D eigenvalue weighted by atomic mass is 16.6. The number of esters is 1. The molecule has 6 nitrogen and oxygen atoms in total. The van der Waals surface area contributed by atoms with E-state index in [2.05, 4.69) is 53.8 Å². The molecule has 4 saturated carbocycles. The monoisotopic (exact) mass is 569 g/mol. The summed E-state index contributed by atoms with van der Waals surface area (Å²) in [6.45, 7) is 21.8.